The normalized spacial score (nSPS) is 20.1. The molecule has 1 aromatic carbocycles. The number of hydrogen-bond acceptors (Lipinski definition) is 7. The first-order chi connectivity index (χ1) is 14.1. The lowest BCUT2D eigenvalue weighted by atomic mass is 10.1. The Labute approximate surface area is 177 Å². The Morgan fingerprint density at radius 1 is 1.24 bits per heavy atom. The van der Waals surface area contributed by atoms with E-state index in [0.29, 0.717) is 23.3 Å². The molecule has 4 rings (SSSR count). The van der Waals surface area contributed by atoms with Crippen LogP contribution in [0, 0.1) is 6.92 Å². The zero-order valence-electron chi connectivity index (χ0n) is 17.1. The molecule has 0 radical (unpaired) electrons. The fourth-order valence-electron chi connectivity index (χ4n) is 3.83. The Balaban J connectivity index is 1.42. The van der Waals surface area contributed by atoms with E-state index in [9.17, 15) is 0 Å². The van der Waals surface area contributed by atoms with E-state index >= 15 is 0 Å². The number of ether oxygens (including phenoxy) is 1. The average molecular weight is 417 g/mol. The number of likely N-dealkylation sites (N-methyl/N-ethyl adjacent to an activating group) is 1. The van der Waals surface area contributed by atoms with Gasteiger partial charge in [-0.1, -0.05) is 11.6 Å². The number of aryl methyl sites for hydroxylation is 1. The van der Waals surface area contributed by atoms with Crippen molar-refractivity contribution in [3.8, 4) is 0 Å². The van der Waals surface area contributed by atoms with Gasteiger partial charge in [0, 0.05) is 50.7 Å². The van der Waals surface area contributed by atoms with E-state index in [-0.39, 0.29) is 6.10 Å². The Morgan fingerprint density at radius 3 is 2.79 bits per heavy atom. The van der Waals surface area contributed by atoms with E-state index < -0.39 is 0 Å². The van der Waals surface area contributed by atoms with E-state index in [1.807, 2.05) is 0 Å². The van der Waals surface area contributed by atoms with Crippen LogP contribution in [-0.4, -0.2) is 67.4 Å². The first kappa shape index (κ1) is 20.2. The molecule has 2 aliphatic rings. The van der Waals surface area contributed by atoms with Gasteiger partial charge in [0.25, 0.3) is 0 Å². The molecule has 0 spiro atoms. The van der Waals surface area contributed by atoms with Gasteiger partial charge in [-0.2, -0.15) is 4.98 Å². The van der Waals surface area contributed by atoms with Crippen molar-refractivity contribution >= 4 is 34.7 Å². The zero-order chi connectivity index (χ0) is 20.2. The van der Waals surface area contributed by atoms with E-state index in [4.69, 9.17) is 16.3 Å². The molecule has 29 heavy (non-hydrogen) atoms. The predicted molar refractivity (Wildman–Crippen MR) is 119 cm³/mol. The summed E-state index contributed by atoms with van der Waals surface area (Å²) in [6, 6.07) is 6.40. The largest absolute Gasteiger partial charge is 0.376 e. The molecule has 0 saturated carbocycles. The first-order valence-electron chi connectivity index (χ1n) is 10.3. The van der Waals surface area contributed by atoms with Crippen molar-refractivity contribution in [2.75, 3.05) is 61.9 Å². The third-order valence-electron chi connectivity index (χ3n) is 5.56. The number of aromatic nitrogens is 2. The van der Waals surface area contributed by atoms with Gasteiger partial charge in [-0.15, -0.1) is 0 Å². The molecule has 7 nitrogen and oxygen atoms in total. The molecule has 0 unspecified atom stereocenters. The Bertz CT molecular complexity index is 834. The van der Waals surface area contributed by atoms with Gasteiger partial charge in [0.2, 0.25) is 5.95 Å². The number of piperazine rings is 1. The molecular formula is C21H29ClN6O. The van der Waals surface area contributed by atoms with Crippen LogP contribution in [0.3, 0.4) is 0 Å². The number of rotatable bonds is 6. The van der Waals surface area contributed by atoms with Crippen LogP contribution in [0.2, 0.25) is 5.02 Å². The molecule has 8 heteroatoms. The van der Waals surface area contributed by atoms with Crippen LogP contribution in [0.15, 0.2) is 24.4 Å². The average Bonchev–Trinajstić information content (AvgIpc) is 3.23. The smallest absolute Gasteiger partial charge is 0.229 e. The van der Waals surface area contributed by atoms with Gasteiger partial charge in [-0.05, 0) is 50.6 Å². The third kappa shape index (κ3) is 5.10. The number of nitrogens with zero attached hydrogens (tertiary/aromatic N) is 4. The number of nitrogens with one attached hydrogen (secondary N) is 2. The van der Waals surface area contributed by atoms with E-state index in [0.717, 1.165) is 51.3 Å². The SMILES string of the molecule is Cc1cc(Nc2ncc(Cl)c(NC[C@H]3CCCO3)n2)ccc1N1CCN(C)CC1. The van der Waals surface area contributed by atoms with Crippen molar-refractivity contribution in [3.05, 3.63) is 35.0 Å². The number of hydrogen-bond donors (Lipinski definition) is 2. The van der Waals surface area contributed by atoms with Crippen LogP contribution in [0.4, 0.5) is 23.1 Å². The van der Waals surface area contributed by atoms with Crippen molar-refractivity contribution in [2.45, 2.75) is 25.9 Å². The van der Waals surface area contributed by atoms with Crippen molar-refractivity contribution < 1.29 is 4.74 Å². The summed E-state index contributed by atoms with van der Waals surface area (Å²) in [5.74, 6) is 1.15. The summed E-state index contributed by atoms with van der Waals surface area (Å²) < 4.78 is 5.65. The van der Waals surface area contributed by atoms with Crippen molar-refractivity contribution in [2.24, 2.45) is 0 Å². The summed E-state index contributed by atoms with van der Waals surface area (Å²) in [5.41, 5.74) is 3.50. The molecule has 1 atom stereocenters. The van der Waals surface area contributed by atoms with Crippen LogP contribution in [-0.2, 0) is 4.74 Å². The maximum Gasteiger partial charge on any atom is 0.229 e. The Kier molecular flexibility index (Phi) is 6.37. The van der Waals surface area contributed by atoms with E-state index in [1.54, 1.807) is 6.20 Å². The summed E-state index contributed by atoms with van der Waals surface area (Å²) in [6.45, 7) is 8.00. The topological polar surface area (TPSA) is 65.6 Å². The third-order valence-corrected chi connectivity index (χ3v) is 5.84. The number of halogens is 1. The van der Waals surface area contributed by atoms with Gasteiger partial charge in [0.05, 0.1) is 12.3 Å². The highest BCUT2D eigenvalue weighted by molar-refractivity contribution is 6.32. The van der Waals surface area contributed by atoms with Crippen LogP contribution in [0.1, 0.15) is 18.4 Å². The van der Waals surface area contributed by atoms with Gasteiger partial charge < -0.3 is 25.2 Å². The van der Waals surface area contributed by atoms with Gasteiger partial charge in [-0.3, -0.25) is 0 Å². The molecule has 2 N–H and O–H groups in total. The molecule has 0 amide bonds. The van der Waals surface area contributed by atoms with Crippen LogP contribution in [0.5, 0.6) is 0 Å². The molecule has 0 bridgehead atoms. The number of anilines is 4. The molecule has 2 aromatic rings. The van der Waals surface area contributed by atoms with Crippen LogP contribution in [0.25, 0.3) is 0 Å². The second-order valence-corrected chi connectivity index (χ2v) is 8.23. The highest BCUT2D eigenvalue weighted by atomic mass is 35.5. The lowest BCUT2D eigenvalue weighted by molar-refractivity contribution is 0.120. The minimum absolute atomic E-state index is 0.224. The van der Waals surface area contributed by atoms with Gasteiger partial charge >= 0.3 is 0 Å². The lowest BCUT2D eigenvalue weighted by Gasteiger charge is -2.35. The Morgan fingerprint density at radius 2 is 2.07 bits per heavy atom. The summed E-state index contributed by atoms with van der Waals surface area (Å²) in [4.78, 5) is 13.7. The summed E-state index contributed by atoms with van der Waals surface area (Å²) >= 11 is 6.26. The molecule has 2 aliphatic heterocycles. The Hall–Kier alpha value is -2.09. The van der Waals surface area contributed by atoms with Crippen LogP contribution < -0.4 is 15.5 Å². The second-order valence-electron chi connectivity index (χ2n) is 7.82. The highest BCUT2D eigenvalue weighted by Crippen LogP contribution is 2.27. The monoisotopic (exact) mass is 416 g/mol. The van der Waals surface area contributed by atoms with Gasteiger partial charge in [0.1, 0.15) is 5.02 Å². The fourth-order valence-corrected chi connectivity index (χ4v) is 3.99. The van der Waals surface area contributed by atoms with Crippen molar-refractivity contribution in [1.82, 2.24) is 14.9 Å². The maximum atomic E-state index is 6.26. The molecule has 3 heterocycles. The van der Waals surface area contributed by atoms with E-state index in [1.165, 1.54) is 11.3 Å². The molecule has 1 aromatic heterocycles. The molecule has 2 saturated heterocycles. The molecule has 0 aliphatic carbocycles. The standard InChI is InChI=1S/C21H29ClN6O/c1-15-12-16(5-6-19(15)28-9-7-27(2)8-10-28)25-21-24-14-18(22)20(26-21)23-13-17-4-3-11-29-17/h5-6,12,14,17H,3-4,7-11,13H2,1-2H3,(H2,23,24,25,26)/t17-/m1/s1. The molecular weight excluding hydrogens is 388 g/mol. The van der Waals surface area contributed by atoms with Crippen LogP contribution >= 0.6 is 11.6 Å². The van der Waals surface area contributed by atoms with Gasteiger partial charge in [-0.25, -0.2) is 4.98 Å². The highest BCUT2D eigenvalue weighted by Gasteiger charge is 2.17. The quantitative estimate of drug-likeness (QED) is 0.746. The van der Waals surface area contributed by atoms with Crippen molar-refractivity contribution in [1.29, 1.82) is 0 Å². The number of benzene rings is 1. The second kappa shape index (κ2) is 9.15. The maximum absolute atomic E-state index is 6.26. The van der Waals surface area contributed by atoms with E-state index in [2.05, 4.69) is 62.6 Å². The first-order valence-corrected chi connectivity index (χ1v) is 10.7. The summed E-state index contributed by atoms with van der Waals surface area (Å²) in [7, 11) is 2.17. The summed E-state index contributed by atoms with van der Waals surface area (Å²) in [5, 5.41) is 7.10. The zero-order valence-corrected chi connectivity index (χ0v) is 17.9. The van der Waals surface area contributed by atoms with Crippen molar-refractivity contribution in [3.63, 3.8) is 0 Å². The minimum atomic E-state index is 0.224. The summed E-state index contributed by atoms with van der Waals surface area (Å²) in [6.07, 6.45) is 4.03. The van der Waals surface area contributed by atoms with Gasteiger partial charge in [0.15, 0.2) is 5.82 Å². The molecule has 156 valence electrons. The predicted octanol–water partition coefficient (Wildman–Crippen LogP) is 3.52. The minimum Gasteiger partial charge on any atom is -0.376 e. The molecule has 2 fully saturated rings. The lowest BCUT2D eigenvalue weighted by Crippen LogP contribution is -2.44. The fraction of sp³-hybridized carbons (Fsp3) is 0.524.